The van der Waals surface area contributed by atoms with E-state index in [2.05, 4.69) is 23.3 Å². The molecule has 0 unspecified atom stereocenters. The van der Waals surface area contributed by atoms with Crippen LogP contribution in [0.25, 0.3) is 22.1 Å². The van der Waals surface area contributed by atoms with Crippen LogP contribution in [0.2, 0.25) is 0 Å². The fraction of sp³-hybridized carbons (Fsp3) is 0.649. The zero-order chi connectivity index (χ0) is 70.7. The number of aromatic nitrogens is 4. The van der Waals surface area contributed by atoms with Crippen molar-refractivity contribution in [1.29, 1.82) is 0 Å². The number of nitrogens with two attached hydrogens (primary N) is 2. The molecule has 6 N–H and O–H groups in total. The van der Waals surface area contributed by atoms with Crippen molar-refractivity contribution in [2.45, 2.75) is 228 Å². The predicted molar refractivity (Wildman–Crippen MR) is 388 cm³/mol. The molecule has 6 aliphatic carbocycles. The largest absolute Gasteiger partial charge is 0.497 e. The number of nitrogens with one attached hydrogen (secondary N) is 2. The number of carbonyl (C=O) groups excluding carboxylic acids is 6. The maximum atomic E-state index is 14.4. The van der Waals surface area contributed by atoms with E-state index >= 15 is 0 Å². The number of methoxy groups -OCH3 is 2. The highest BCUT2D eigenvalue weighted by atomic mass is 35.5. The Morgan fingerprint density at radius 1 is 0.549 bits per heavy atom. The number of hydrogen-bond acceptors (Lipinski definition) is 20. The summed E-state index contributed by atoms with van der Waals surface area (Å²) in [6.07, 6.45) is 20.0. The molecule has 0 radical (unpaired) electrons. The van der Waals surface area contributed by atoms with Crippen molar-refractivity contribution in [3.05, 3.63) is 72.1 Å². The Kier molecular flexibility index (Phi) is 23.2. The van der Waals surface area contributed by atoms with Crippen molar-refractivity contribution in [3.63, 3.8) is 0 Å². The summed E-state index contributed by atoms with van der Waals surface area (Å²) in [7, 11) is -4.42. The lowest BCUT2D eigenvalue weighted by atomic mass is 9.85. The number of nitrogens with zero attached hydrogens (tertiary/aromatic N) is 6. The third kappa shape index (κ3) is 16.6. The highest BCUT2D eigenvalue weighted by molar-refractivity contribution is 7.91. The van der Waals surface area contributed by atoms with Gasteiger partial charge in [0.25, 0.3) is 0 Å². The number of ether oxygens (including phenoxy) is 4. The molecule has 4 aromatic rings. The lowest BCUT2D eigenvalue weighted by Gasteiger charge is -2.31. The second kappa shape index (κ2) is 30.9. The molecule has 0 bridgehead atoms. The Hall–Kier alpha value is -6.58. The van der Waals surface area contributed by atoms with E-state index in [0.29, 0.717) is 90.2 Å². The average Bonchev–Trinajstić information content (AvgIpc) is 1.57. The average molecular weight is 1490 g/mol. The van der Waals surface area contributed by atoms with Gasteiger partial charge in [-0.2, -0.15) is 0 Å². The van der Waals surface area contributed by atoms with E-state index in [-0.39, 0.29) is 122 Å². The van der Waals surface area contributed by atoms with E-state index in [1.807, 2.05) is 68.5 Å². The lowest BCUT2D eigenvalue weighted by Crippen LogP contribution is -2.52. The Morgan fingerprint density at radius 2 is 0.931 bits per heavy atom. The molecule has 2 saturated heterocycles. The van der Waals surface area contributed by atoms with Gasteiger partial charge in [-0.25, -0.2) is 36.8 Å². The van der Waals surface area contributed by atoms with Crippen LogP contribution in [0.4, 0.5) is 0 Å². The molecule has 14 atom stereocenters. The van der Waals surface area contributed by atoms with Gasteiger partial charge in [-0.05, 0) is 163 Å². The van der Waals surface area contributed by atoms with Crippen molar-refractivity contribution >= 4 is 102 Å². The van der Waals surface area contributed by atoms with Gasteiger partial charge in [0.1, 0.15) is 35.1 Å². The minimum absolute atomic E-state index is 0. The second-order valence-corrected chi connectivity index (χ2v) is 34.6. The van der Waals surface area contributed by atoms with Crippen LogP contribution >= 0.6 is 24.8 Å². The van der Waals surface area contributed by atoms with E-state index in [1.165, 1.54) is 0 Å². The molecular formula is C74H100Cl2N10O14S2. The van der Waals surface area contributed by atoms with Crippen LogP contribution < -0.4 is 39.9 Å². The molecule has 0 spiro atoms. The number of sulfonamides is 2. The summed E-state index contributed by atoms with van der Waals surface area (Å²) in [6, 6.07) is 7.64. The quantitative estimate of drug-likeness (QED) is 0.0759. The van der Waals surface area contributed by atoms with E-state index in [0.717, 1.165) is 94.0 Å². The van der Waals surface area contributed by atoms with Gasteiger partial charge in [0.2, 0.25) is 55.4 Å². The number of benzene rings is 2. The molecule has 2 aromatic carbocycles. The molecule has 28 heteroatoms. The van der Waals surface area contributed by atoms with Crippen LogP contribution in [0.1, 0.15) is 192 Å². The number of halogens is 2. The molecule has 4 aliphatic heterocycles. The zero-order valence-corrected chi connectivity index (χ0v) is 62.4. The van der Waals surface area contributed by atoms with Crippen LogP contribution in [0.5, 0.6) is 23.3 Å². The Labute approximate surface area is 610 Å². The molecule has 556 valence electrons. The maximum Gasteiger partial charge on any atom is 0.240 e. The van der Waals surface area contributed by atoms with E-state index in [9.17, 15) is 45.6 Å². The van der Waals surface area contributed by atoms with Gasteiger partial charge in [0, 0.05) is 49.7 Å². The van der Waals surface area contributed by atoms with Crippen LogP contribution in [-0.2, 0) is 48.8 Å². The second-order valence-electron chi connectivity index (χ2n) is 30.7. The summed E-state index contributed by atoms with van der Waals surface area (Å²) in [6.45, 7) is 8.67. The van der Waals surface area contributed by atoms with Crippen LogP contribution in [0, 0.1) is 46.3 Å². The number of fused-ring (bicyclic) bond motifs is 6. The summed E-state index contributed by atoms with van der Waals surface area (Å²) < 4.78 is 79.8. The van der Waals surface area contributed by atoms with Gasteiger partial charge in [-0.3, -0.25) is 38.2 Å². The monoisotopic (exact) mass is 1490 g/mol. The van der Waals surface area contributed by atoms with Gasteiger partial charge < -0.3 is 40.2 Å². The predicted octanol–water partition coefficient (Wildman–Crippen LogP) is 9.18. The van der Waals surface area contributed by atoms with Crippen LogP contribution in [-0.4, -0.2) is 156 Å². The zero-order valence-electron chi connectivity index (χ0n) is 59.2. The molecule has 8 fully saturated rings. The number of rotatable bonds is 16. The molecule has 6 heterocycles. The SMILES string of the molecule is CC[C@@H]1C[C@H](C)CC/C=C\[C@@H]2C[C@@]2(C(=O)NS(=O)(=O)C2CC2)CC(=O)[C@@H]2C[C@@H](Oc3nc4cc(OC)ccc4nc3C3CC3)CN2C(=O)[C@H]1N.CC[C@@H]1C[C@H](C)CC/C=C\[C@@H]2C[C@@]2(C(=O)NS(=O)(=O)C2CC2)CC(=O)[C@@H]2C[C@@H](Oc3nc4ccc(OC)cc4nc3C3CC3)CN2C(=O)[C@H]1N.Cl.Cl. The molecule has 24 nitrogen and oxygen atoms in total. The molecular weight excluding hydrogens is 1390 g/mol. The molecule has 10 aliphatic rings. The summed E-state index contributed by atoms with van der Waals surface area (Å²) in [5.41, 5.74) is 15.3. The summed E-state index contributed by atoms with van der Waals surface area (Å²) >= 11 is 0. The van der Waals surface area contributed by atoms with Crippen molar-refractivity contribution in [2.75, 3.05) is 27.3 Å². The Morgan fingerprint density at radius 3 is 1.31 bits per heavy atom. The van der Waals surface area contributed by atoms with Gasteiger partial charge in [-0.15, -0.1) is 24.8 Å². The molecule has 6 saturated carbocycles. The third-order valence-electron chi connectivity index (χ3n) is 23.0. The fourth-order valence-corrected chi connectivity index (χ4v) is 18.7. The number of allylic oxidation sites excluding steroid dienone is 4. The minimum Gasteiger partial charge on any atom is -0.497 e. The Bertz CT molecular complexity index is 4150. The number of Topliss-reactive ketones (excluding diaryl/α,β-unsaturated/α-hetero) is 2. The van der Waals surface area contributed by atoms with Crippen molar-refractivity contribution in [3.8, 4) is 23.3 Å². The van der Waals surface area contributed by atoms with E-state index < -0.39 is 89.6 Å². The molecule has 2 aromatic heterocycles. The van der Waals surface area contributed by atoms with Crippen molar-refractivity contribution in [2.24, 2.45) is 57.8 Å². The molecule has 102 heavy (non-hydrogen) atoms. The first-order valence-corrected chi connectivity index (χ1v) is 39.6. The fourth-order valence-electron chi connectivity index (χ4n) is 15.9. The lowest BCUT2D eigenvalue weighted by molar-refractivity contribution is -0.141. The first-order chi connectivity index (χ1) is 47.8. The van der Waals surface area contributed by atoms with E-state index in [1.54, 1.807) is 30.1 Å². The topological polar surface area (TPSA) is 342 Å². The molecule has 4 amide bonds. The number of amides is 4. The van der Waals surface area contributed by atoms with Crippen LogP contribution in [0.15, 0.2) is 60.7 Å². The Balaban J connectivity index is 0.000000201. The van der Waals surface area contributed by atoms with Crippen molar-refractivity contribution < 1.29 is 64.6 Å². The number of carbonyl (C=O) groups is 6. The maximum absolute atomic E-state index is 14.4. The third-order valence-corrected chi connectivity index (χ3v) is 26.7. The summed E-state index contributed by atoms with van der Waals surface area (Å²) in [5, 5.41) is -1.13. The summed E-state index contributed by atoms with van der Waals surface area (Å²) in [5.74, 6) is 0.0535. The summed E-state index contributed by atoms with van der Waals surface area (Å²) in [4.78, 5) is 107. The molecule has 14 rings (SSSR count). The van der Waals surface area contributed by atoms with Gasteiger partial charge in [0.15, 0.2) is 11.6 Å². The normalized spacial score (nSPS) is 32.1. The standard InChI is InChI=1S/2C37H49N5O7S.2ClH/c1-4-22-15-21(2)7-5-6-8-24-18-37(24,36(45)41-50(46,47)27-12-13-27)19-31(43)30-17-26(20-42(30)35(44)32(22)38)49-34-33(23-9-10-23)39-29-16-25(48-3)11-14-28(29)40-34;1-4-22-15-21(2)7-5-6-8-24-18-37(24,36(45)41-50(46,47)27-12-13-27)19-31(43)30-17-26(20-42(30)35(44)32(22)38)49-34-33(23-9-10-23)39-28-14-11-25(48-3)16-29(28)40-34;;/h2*6,8,11,14,16,21-24,26-27,30,32H,4-5,7,9-10,12-13,15,17-20,38H2,1-3H3,(H,41,45);2*1H/b2*8-6-;;/t2*21-,22-,24-,26-,30+,32+,37-;;/m11../s1. The number of ketones is 2. The first-order valence-electron chi connectivity index (χ1n) is 36.5. The smallest absolute Gasteiger partial charge is 0.240 e. The number of hydrogen-bond donors (Lipinski definition) is 4. The van der Waals surface area contributed by atoms with Gasteiger partial charge >= 0.3 is 0 Å². The van der Waals surface area contributed by atoms with Crippen LogP contribution in [0.3, 0.4) is 0 Å². The van der Waals surface area contributed by atoms with Crippen molar-refractivity contribution in [1.82, 2.24) is 39.2 Å². The first kappa shape index (κ1) is 76.5. The highest BCUT2D eigenvalue weighted by Crippen LogP contribution is 2.59. The minimum atomic E-state index is -3.81. The van der Waals surface area contributed by atoms with Gasteiger partial charge in [0.05, 0.1) is 94.9 Å². The highest BCUT2D eigenvalue weighted by Gasteiger charge is 2.63. The van der Waals surface area contributed by atoms with Gasteiger partial charge in [-0.1, -0.05) is 64.8 Å². The van der Waals surface area contributed by atoms with E-state index in [4.69, 9.17) is 50.4 Å².